The molecule has 0 bridgehead atoms. The van der Waals surface area contributed by atoms with Gasteiger partial charge in [0.1, 0.15) is 0 Å². The SMILES string of the molecule is C1CCCC(NCC2(N3CCOCC3)CCCCC2)CC1. The normalized spacial score (nSPS) is 29.1. The molecular weight excluding hydrogens is 260 g/mol. The Hall–Kier alpha value is -0.120. The van der Waals surface area contributed by atoms with Gasteiger partial charge in [0.05, 0.1) is 13.2 Å². The lowest BCUT2D eigenvalue weighted by Crippen LogP contribution is -2.60. The van der Waals surface area contributed by atoms with Crippen molar-refractivity contribution in [3.8, 4) is 0 Å². The van der Waals surface area contributed by atoms with E-state index in [0.29, 0.717) is 5.54 Å². The Kier molecular flexibility index (Phi) is 5.96. The highest BCUT2D eigenvalue weighted by Gasteiger charge is 2.38. The van der Waals surface area contributed by atoms with Crippen molar-refractivity contribution in [2.45, 2.75) is 82.2 Å². The Morgan fingerprint density at radius 1 is 0.857 bits per heavy atom. The van der Waals surface area contributed by atoms with Crippen LogP contribution < -0.4 is 5.32 Å². The third kappa shape index (κ3) is 4.20. The van der Waals surface area contributed by atoms with Crippen LogP contribution >= 0.6 is 0 Å². The minimum absolute atomic E-state index is 0.439. The smallest absolute Gasteiger partial charge is 0.0594 e. The molecule has 21 heavy (non-hydrogen) atoms. The Balaban J connectivity index is 1.58. The van der Waals surface area contributed by atoms with Gasteiger partial charge in [-0.05, 0) is 25.7 Å². The summed E-state index contributed by atoms with van der Waals surface area (Å²) in [4.78, 5) is 2.76. The second kappa shape index (κ2) is 7.94. The highest BCUT2D eigenvalue weighted by atomic mass is 16.5. The average Bonchev–Trinajstić information content (AvgIpc) is 2.83. The Morgan fingerprint density at radius 2 is 1.48 bits per heavy atom. The van der Waals surface area contributed by atoms with E-state index in [1.807, 2.05) is 0 Å². The van der Waals surface area contributed by atoms with E-state index in [9.17, 15) is 0 Å². The van der Waals surface area contributed by atoms with Crippen molar-refractivity contribution in [2.24, 2.45) is 0 Å². The Bertz CT molecular complexity index is 288. The van der Waals surface area contributed by atoms with E-state index >= 15 is 0 Å². The van der Waals surface area contributed by atoms with Gasteiger partial charge in [0.15, 0.2) is 0 Å². The maximum Gasteiger partial charge on any atom is 0.0594 e. The number of nitrogens with zero attached hydrogens (tertiary/aromatic N) is 1. The quantitative estimate of drug-likeness (QED) is 0.805. The fraction of sp³-hybridized carbons (Fsp3) is 1.00. The molecular formula is C18H34N2O. The number of rotatable bonds is 4. The van der Waals surface area contributed by atoms with Crippen molar-refractivity contribution in [1.82, 2.24) is 10.2 Å². The standard InChI is InChI=1S/C18H34N2O/c1-2-5-9-17(8-4-1)19-16-18(10-6-3-7-11-18)20-12-14-21-15-13-20/h17,19H,1-16H2. The van der Waals surface area contributed by atoms with Gasteiger partial charge in [-0.2, -0.15) is 0 Å². The second-order valence-corrected chi connectivity index (χ2v) is 7.45. The van der Waals surface area contributed by atoms with Crippen LogP contribution in [0.15, 0.2) is 0 Å². The minimum Gasteiger partial charge on any atom is -0.379 e. The molecule has 0 unspecified atom stereocenters. The third-order valence-electron chi connectivity index (χ3n) is 6.04. The zero-order valence-electron chi connectivity index (χ0n) is 13.7. The van der Waals surface area contributed by atoms with Gasteiger partial charge < -0.3 is 10.1 Å². The summed E-state index contributed by atoms with van der Waals surface area (Å²) >= 11 is 0. The van der Waals surface area contributed by atoms with Gasteiger partial charge in [-0.1, -0.05) is 44.9 Å². The molecule has 3 nitrogen and oxygen atoms in total. The van der Waals surface area contributed by atoms with Crippen LogP contribution in [-0.2, 0) is 4.74 Å². The molecule has 0 aromatic rings. The lowest BCUT2D eigenvalue weighted by molar-refractivity contribution is -0.0378. The fourth-order valence-electron chi connectivity index (χ4n) is 4.67. The van der Waals surface area contributed by atoms with Crippen molar-refractivity contribution < 1.29 is 4.74 Å². The van der Waals surface area contributed by atoms with Gasteiger partial charge >= 0.3 is 0 Å². The maximum atomic E-state index is 5.58. The van der Waals surface area contributed by atoms with Crippen LogP contribution in [0.25, 0.3) is 0 Å². The van der Waals surface area contributed by atoms with Crippen LogP contribution in [0.2, 0.25) is 0 Å². The molecule has 0 amide bonds. The minimum atomic E-state index is 0.439. The first kappa shape index (κ1) is 15.8. The molecule has 0 spiro atoms. The van der Waals surface area contributed by atoms with E-state index < -0.39 is 0 Å². The molecule has 0 radical (unpaired) electrons. The monoisotopic (exact) mass is 294 g/mol. The summed E-state index contributed by atoms with van der Waals surface area (Å²) in [5.74, 6) is 0. The highest BCUT2D eigenvalue weighted by molar-refractivity contribution is 4.96. The number of nitrogens with one attached hydrogen (secondary N) is 1. The van der Waals surface area contributed by atoms with Crippen molar-refractivity contribution in [2.75, 3.05) is 32.8 Å². The van der Waals surface area contributed by atoms with Crippen molar-refractivity contribution >= 4 is 0 Å². The van der Waals surface area contributed by atoms with Crippen LogP contribution in [0.3, 0.4) is 0 Å². The van der Waals surface area contributed by atoms with Gasteiger partial charge in [-0.15, -0.1) is 0 Å². The molecule has 1 saturated heterocycles. The zero-order valence-corrected chi connectivity index (χ0v) is 13.7. The molecule has 122 valence electrons. The van der Waals surface area contributed by atoms with Crippen molar-refractivity contribution in [3.05, 3.63) is 0 Å². The summed E-state index contributed by atoms with van der Waals surface area (Å²) in [6, 6.07) is 0.785. The number of hydrogen-bond donors (Lipinski definition) is 1. The molecule has 2 aliphatic carbocycles. The highest BCUT2D eigenvalue weighted by Crippen LogP contribution is 2.34. The summed E-state index contributed by atoms with van der Waals surface area (Å²) in [6.07, 6.45) is 15.6. The van der Waals surface area contributed by atoms with Crippen LogP contribution in [0.5, 0.6) is 0 Å². The Labute approximate surface area is 130 Å². The molecule has 0 aromatic carbocycles. The van der Waals surface area contributed by atoms with Crippen LogP contribution in [0.1, 0.15) is 70.6 Å². The fourth-order valence-corrected chi connectivity index (χ4v) is 4.67. The van der Waals surface area contributed by atoms with Crippen molar-refractivity contribution in [1.29, 1.82) is 0 Å². The summed E-state index contributed by atoms with van der Waals surface area (Å²) in [7, 11) is 0. The largest absolute Gasteiger partial charge is 0.379 e. The first-order valence-electron chi connectivity index (χ1n) is 9.45. The second-order valence-electron chi connectivity index (χ2n) is 7.45. The molecule has 1 N–H and O–H groups in total. The summed E-state index contributed by atoms with van der Waals surface area (Å²) in [6.45, 7) is 5.38. The average molecular weight is 294 g/mol. The van der Waals surface area contributed by atoms with E-state index in [-0.39, 0.29) is 0 Å². The molecule has 2 saturated carbocycles. The summed E-state index contributed by atoms with van der Waals surface area (Å²) in [5, 5.41) is 3.99. The predicted octanol–water partition coefficient (Wildman–Crippen LogP) is 3.33. The van der Waals surface area contributed by atoms with Gasteiger partial charge in [-0.3, -0.25) is 4.90 Å². The lowest BCUT2D eigenvalue weighted by atomic mass is 9.79. The summed E-state index contributed by atoms with van der Waals surface area (Å²) < 4.78 is 5.58. The van der Waals surface area contributed by atoms with Crippen LogP contribution in [0, 0.1) is 0 Å². The molecule has 1 heterocycles. The molecule has 1 aliphatic heterocycles. The third-order valence-corrected chi connectivity index (χ3v) is 6.04. The summed E-state index contributed by atoms with van der Waals surface area (Å²) in [5.41, 5.74) is 0.439. The van der Waals surface area contributed by atoms with E-state index in [0.717, 1.165) is 32.3 Å². The van der Waals surface area contributed by atoms with Gasteiger partial charge in [0.25, 0.3) is 0 Å². The molecule has 0 atom stereocenters. The molecule has 0 aromatic heterocycles. The van der Waals surface area contributed by atoms with E-state index in [2.05, 4.69) is 10.2 Å². The first-order valence-corrected chi connectivity index (χ1v) is 9.45. The van der Waals surface area contributed by atoms with Gasteiger partial charge in [-0.25, -0.2) is 0 Å². The van der Waals surface area contributed by atoms with Crippen molar-refractivity contribution in [3.63, 3.8) is 0 Å². The van der Waals surface area contributed by atoms with E-state index in [4.69, 9.17) is 4.74 Å². The van der Waals surface area contributed by atoms with Crippen LogP contribution in [0.4, 0.5) is 0 Å². The van der Waals surface area contributed by atoms with E-state index in [1.54, 1.807) is 0 Å². The predicted molar refractivity (Wildman–Crippen MR) is 87.7 cm³/mol. The molecule has 3 fully saturated rings. The number of morpholine rings is 1. The molecule has 3 rings (SSSR count). The molecule has 3 heteroatoms. The Morgan fingerprint density at radius 3 is 2.14 bits per heavy atom. The van der Waals surface area contributed by atoms with Gasteiger partial charge in [0, 0.05) is 31.2 Å². The number of ether oxygens (including phenoxy) is 1. The van der Waals surface area contributed by atoms with Gasteiger partial charge in [0.2, 0.25) is 0 Å². The first-order chi connectivity index (χ1) is 10.4. The lowest BCUT2D eigenvalue weighted by Gasteiger charge is -2.48. The topological polar surface area (TPSA) is 24.5 Å². The number of hydrogen-bond acceptors (Lipinski definition) is 3. The zero-order chi connectivity index (χ0) is 14.4. The molecule has 3 aliphatic rings. The van der Waals surface area contributed by atoms with E-state index in [1.165, 1.54) is 77.2 Å². The maximum absolute atomic E-state index is 5.58. The van der Waals surface area contributed by atoms with Crippen LogP contribution in [-0.4, -0.2) is 49.3 Å².